The molecule has 24 heavy (non-hydrogen) atoms. The Bertz CT molecular complexity index is 765. The molecule has 0 fully saturated rings. The summed E-state index contributed by atoms with van der Waals surface area (Å²) in [4.78, 5) is 3.69. The molecular formula is C10H22N8O4S2. The lowest BCUT2D eigenvalue weighted by Gasteiger charge is -2.08. The van der Waals surface area contributed by atoms with Crippen molar-refractivity contribution in [1.82, 2.24) is 20.9 Å². The molecule has 0 bridgehead atoms. The number of guanidine groups is 2. The van der Waals surface area contributed by atoms with Gasteiger partial charge in [0.25, 0.3) is 10.0 Å². The van der Waals surface area contributed by atoms with Gasteiger partial charge in [-0.25, -0.2) is 27.7 Å². The first kappa shape index (κ1) is 21.8. The Morgan fingerprint density at radius 2 is 1.33 bits per heavy atom. The van der Waals surface area contributed by atoms with Crippen LogP contribution in [0.4, 0.5) is 0 Å². The fraction of sp³-hybridized carbons (Fsp3) is 0.600. The van der Waals surface area contributed by atoms with Crippen LogP contribution in [0.5, 0.6) is 0 Å². The predicted molar refractivity (Wildman–Crippen MR) is 95.2 cm³/mol. The molecule has 0 aromatic heterocycles. The van der Waals surface area contributed by atoms with Gasteiger partial charge in [0, 0.05) is 14.1 Å². The molecule has 0 saturated carbocycles. The molecule has 12 nitrogen and oxygen atoms in total. The van der Waals surface area contributed by atoms with Gasteiger partial charge in [-0.2, -0.15) is 10.2 Å². The normalized spacial score (nSPS) is 15.1. The topological polar surface area (TPSA) is 166 Å². The fourth-order valence-electron chi connectivity index (χ4n) is 1.02. The number of nitrogens with one attached hydrogen (secondary N) is 4. The minimum absolute atomic E-state index is 0.0628. The molecule has 0 saturated heterocycles. The van der Waals surface area contributed by atoms with Crippen LogP contribution in [0.15, 0.2) is 19.6 Å². The standard InChI is InChI=1S/C10H22N8O4S2/c1-7(13-15-9(11-3)17-23(5,19)20)8(2)14-16-10(12-4)18-24(6,21)22/h1-6H3,(H2,11,15,17)(H2,12,16,18). The van der Waals surface area contributed by atoms with E-state index in [1.165, 1.54) is 14.1 Å². The zero-order valence-corrected chi connectivity index (χ0v) is 15.9. The average molecular weight is 382 g/mol. The number of nitrogens with zero attached hydrogens (tertiary/aromatic N) is 4. The van der Waals surface area contributed by atoms with E-state index in [0.29, 0.717) is 11.4 Å². The second-order valence-electron chi connectivity index (χ2n) is 4.49. The number of aliphatic imine (C=N–C) groups is 1. The van der Waals surface area contributed by atoms with Crippen molar-refractivity contribution in [2.24, 2.45) is 19.6 Å². The number of sulfonamides is 2. The molecule has 0 aliphatic heterocycles. The first-order chi connectivity index (χ1) is 10.9. The Morgan fingerprint density at radius 1 is 0.875 bits per heavy atom. The lowest BCUT2D eigenvalue weighted by Crippen LogP contribution is -2.38. The van der Waals surface area contributed by atoms with E-state index in [4.69, 9.17) is 0 Å². The summed E-state index contributed by atoms with van der Waals surface area (Å²) < 4.78 is 49.9. The van der Waals surface area contributed by atoms with Crippen molar-refractivity contribution in [2.75, 3.05) is 26.6 Å². The molecule has 0 amide bonds. The summed E-state index contributed by atoms with van der Waals surface area (Å²) >= 11 is 0. The summed E-state index contributed by atoms with van der Waals surface area (Å²) in [6, 6.07) is 0. The molecule has 0 aliphatic carbocycles. The van der Waals surface area contributed by atoms with E-state index in [1.54, 1.807) is 13.8 Å². The zero-order chi connectivity index (χ0) is 19.0. The molecule has 0 rings (SSSR count). The average Bonchev–Trinajstić information content (AvgIpc) is 2.44. The highest BCUT2D eigenvalue weighted by Gasteiger charge is 2.06. The van der Waals surface area contributed by atoms with E-state index in [1.807, 2.05) is 0 Å². The van der Waals surface area contributed by atoms with Crippen LogP contribution >= 0.6 is 0 Å². The molecule has 0 aromatic carbocycles. The van der Waals surface area contributed by atoms with Crippen LogP contribution in [-0.4, -0.2) is 66.8 Å². The summed E-state index contributed by atoms with van der Waals surface area (Å²) in [6.45, 7) is 3.21. The number of hydrogen-bond acceptors (Lipinski definition) is 7. The van der Waals surface area contributed by atoms with Crippen molar-refractivity contribution in [3.63, 3.8) is 0 Å². The molecule has 0 radical (unpaired) electrons. The van der Waals surface area contributed by atoms with Crippen molar-refractivity contribution in [3.8, 4) is 0 Å². The molecule has 0 spiro atoms. The lowest BCUT2D eigenvalue weighted by atomic mass is 10.3. The van der Waals surface area contributed by atoms with Crippen molar-refractivity contribution in [2.45, 2.75) is 13.8 Å². The van der Waals surface area contributed by atoms with Crippen LogP contribution in [0.2, 0.25) is 0 Å². The Balaban J connectivity index is 5.03. The third-order valence-corrected chi connectivity index (χ3v) is 3.26. The van der Waals surface area contributed by atoms with Gasteiger partial charge in [-0.1, -0.05) is 0 Å². The van der Waals surface area contributed by atoms with Gasteiger partial charge >= 0.3 is 0 Å². The van der Waals surface area contributed by atoms with E-state index in [0.717, 1.165) is 12.5 Å². The third-order valence-electron chi connectivity index (χ3n) is 2.18. The molecule has 0 aromatic rings. The van der Waals surface area contributed by atoms with Crippen LogP contribution < -0.4 is 20.9 Å². The molecule has 0 unspecified atom stereocenters. The summed E-state index contributed by atoms with van der Waals surface area (Å²) in [7, 11) is -4.20. The maximum Gasteiger partial charge on any atom is 0.253 e. The molecular weight excluding hydrogens is 360 g/mol. The van der Waals surface area contributed by atoms with E-state index >= 15 is 0 Å². The minimum atomic E-state index is -3.58. The third kappa shape index (κ3) is 10.5. The van der Waals surface area contributed by atoms with Crippen molar-refractivity contribution < 1.29 is 16.8 Å². The molecule has 0 aliphatic rings. The molecule has 138 valence electrons. The molecule has 0 heterocycles. The summed E-state index contributed by atoms with van der Waals surface area (Å²) in [5.74, 6) is -0.126. The summed E-state index contributed by atoms with van der Waals surface area (Å²) in [6.07, 6.45) is 1.92. The monoisotopic (exact) mass is 382 g/mol. The number of rotatable bonds is 5. The van der Waals surface area contributed by atoms with Crippen molar-refractivity contribution >= 4 is 43.4 Å². The lowest BCUT2D eigenvalue weighted by molar-refractivity contribution is 0.597. The Hall–Kier alpha value is -2.22. The first-order valence-corrected chi connectivity index (χ1v) is 10.1. The maximum atomic E-state index is 11.1. The van der Waals surface area contributed by atoms with Gasteiger partial charge in [0.1, 0.15) is 0 Å². The van der Waals surface area contributed by atoms with E-state index in [9.17, 15) is 16.8 Å². The SMILES string of the molecule is CN=C(NN=C(C)C(C)=NNC(=NS(C)(=O)=O)NC)NS(C)(=O)=O. The van der Waals surface area contributed by atoms with Crippen LogP contribution in [0, 0.1) is 0 Å². The zero-order valence-electron chi connectivity index (χ0n) is 14.2. The highest BCUT2D eigenvalue weighted by atomic mass is 32.2. The largest absolute Gasteiger partial charge is 0.357 e. The minimum Gasteiger partial charge on any atom is -0.357 e. The van der Waals surface area contributed by atoms with E-state index in [2.05, 4.69) is 40.5 Å². The molecule has 14 heteroatoms. The van der Waals surface area contributed by atoms with Crippen LogP contribution in [-0.2, 0) is 20.0 Å². The Kier molecular flexibility index (Phi) is 8.32. The highest BCUT2D eigenvalue weighted by molar-refractivity contribution is 7.89. The Labute approximate surface area is 141 Å². The summed E-state index contributed by atoms with van der Waals surface area (Å²) in [5.41, 5.74) is 5.68. The smallest absolute Gasteiger partial charge is 0.253 e. The molecule has 0 atom stereocenters. The second-order valence-corrected chi connectivity index (χ2v) is 7.88. The van der Waals surface area contributed by atoms with Gasteiger partial charge in [0.2, 0.25) is 21.9 Å². The van der Waals surface area contributed by atoms with Gasteiger partial charge in [-0.05, 0) is 13.8 Å². The fourth-order valence-corrected chi connectivity index (χ4v) is 1.97. The van der Waals surface area contributed by atoms with Crippen molar-refractivity contribution in [3.05, 3.63) is 0 Å². The van der Waals surface area contributed by atoms with Crippen LogP contribution in [0.25, 0.3) is 0 Å². The molecule has 4 N–H and O–H groups in total. The van der Waals surface area contributed by atoms with Gasteiger partial charge in [0.15, 0.2) is 0 Å². The maximum absolute atomic E-state index is 11.1. The van der Waals surface area contributed by atoms with Crippen LogP contribution in [0.1, 0.15) is 13.8 Å². The van der Waals surface area contributed by atoms with E-state index in [-0.39, 0.29) is 11.9 Å². The van der Waals surface area contributed by atoms with E-state index < -0.39 is 20.0 Å². The predicted octanol–water partition coefficient (Wildman–Crippen LogP) is -2.01. The first-order valence-electron chi connectivity index (χ1n) is 6.41. The van der Waals surface area contributed by atoms with Gasteiger partial charge in [-0.15, -0.1) is 4.40 Å². The van der Waals surface area contributed by atoms with Gasteiger partial charge in [-0.3, -0.25) is 9.71 Å². The number of hydrazone groups is 2. The second kappa shape index (κ2) is 9.17. The number of hydrogen-bond donors (Lipinski definition) is 4. The van der Waals surface area contributed by atoms with Gasteiger partial charge < -0.3 is 5.32 Å². The summed E-state index contributed by atoms with van der Waals surface area (Å²) in [5, 5.41) is 10.4. The van der Waals surface area contributed by atoms with Crippen molar-refractivity contribution in [1.29, 1.82) is 0 Å². The van der Waals surface area contributed by atoms with Gasteiger partial charge in [0.05, 0.1) is 23.9 Å². The quantitative estimate of drug-likeness (QED) is 0.242. The highest BCUT2D eigenvalue weighted by Crippen LogP contribution is 1.86. The van der Waals surface area contributed by atoms with Crippen LogP contribution in [0.3, 0.4) is 0 Å². The Morgan fingerprint density at radius 3 is 1.67 bits per heavy atom.